The molecule has 0 aliphatic carbocycles. The first-order valence-corrected chi connectivity index (χ1v) is 8.23. The number of amides is 2. The highest BCUT2D eigenvalue weighted by atomic mass is 32.1. The van der Waals surface area contributed by atoms with Gasteiger partial charge in [0.2, 0.25) is 11.8 Å². The number of hydrogen-bond donors (Lipinski definition) is 3. The lowest BCUT2D eigenvalue weighted by atomic mass is 10.0. The van der Waals surface area contributed by atoms with Crippen LogP contribution in [0.4, 0.5) is 0 Å². The molecule has 1 atom stereocenters. The molecule has 1 aromatic carbocycles. The topological polar surface area (TPSA) is 86.3 Å². The molecule has 1 fully saturated rings. The second kappa shape index (κ2) is 6.92. The monoisotopic (exact) mass is 342 g/mol. The van der Waals surface area contributed by atoms with Gasteiger partial charge in [-0.05, 0) is 36.7 Å². The van der Waals surface area contributed by atoms with Crippen LogP contribution in [0.1, 0.15) is 18.9 Å². The molecule has 3 rings (SSSR count). The smallest absolute Gasteiger partial charge is 0.244 e. The predicted octanol–water partition coefficient (Wildman–Crippen LogP) is 1.71. The van der Waals surface area contributed by atoms with Crippen LogP contribution in [0.15, 0.2) is 35.5 Å². The van der Waals surface area contributed by atoms with Gasteiger partial charge in [0, 0.05) is 23.3 Å². The number of aromatic amines is 1. The van der Waals surface area contributed by atoms with Gasteiger partial charge in [-0.1, -0.05) is 25.1 Å². The molecule has 0 radical (unpaired) electrons. The van der Waals surface area contributed by atoms with Crippen molar-refractivity contribution >= 4 is 46.3 Å². The Kier molecular flexibility index (Phi) is 4.71. The Balaban J connectivity index is 1.74. The molecule has 6 nitrogen and oxygen atoms in total. The summed E-state index contributed by atoms with van der Waals surface area (Å²) in [6, 6.07) is 8.09. The molecule has 124 valence electrons. The van der Waals surface area contributed by atoms with Gasteiger partial charge in [-0.3, -0.25) is 14.6 Å². The molecule has 0 unspecified atom stereocenters. The van der Waals surface area contributed by atoms with E-state index in [4.69, 9.17) is 12.2 Å². The third kappa shape index (κ3) is 3.35. The highest BCUT2D eigenvalue weighted by molar-refractivity contribution is 7.80. The minimum Gasteiger partial charge on any atom is -0.361 e. The van der Waals surface area contributed by atoms with Gasteiger partial charge >= 0.3 is 0 Å². The van der Waals surface area contributed by atoms with Crippen LogP contribution < -0.4 is 10.6 Å². The fourth-order valence-corrected chi connectivity index (χ4v) is 2.93. The van der Waals surface area contributed by atoms with Gasteiger partial charge in [0.25, 0.3) is 0 Å². The Bertz CT molecular complexity index is 807. The second-order valence-corrected chi connectivity index (χ2v) is 6.12. The molecular weight excluding hydrogens is 324 g/mol. The van der Waals surface area contributed by atoms with Crippen molar-refractivity contribution in [3.8, 4) is 0 Å². The third-order valence-electron chi connectivity index (χ3n) is 4.09. The average Bonchev–Trinajstić information content (AvgIpc) is 2.96. The zero-order valence-corrected chi connectivity index (χ0v) is 14.0. The third-order valence-corrected chi connectivity index (χ3v) is 4.29. The maximum Gasteiger partial charge on any atom is 0.244 e. The summed E-state index contributed by atoms with van der Waals surface area (Å²) in [6.45, 7) is 2.03. The zero-order valence-electron chi connectivity index (χ0n) is 13.2. The summed E-state index contributed by atoms with van der Waals surface area (Å²) in [5.74, 6) is -1.81. The van der Waals surface area contributed by atoms with E-state index in [1.165, 1.54) is 17.2 Å². The van der Waals surface area contributed by atoms with E-state index < -0.39 is 17.7 Å². The molecule has 1 aromatic heterocycles. The molecule has 0 spiro atoms. The number of nitrogens with zero attached hydrogens (tertiary/aromatic N) is 1. The summed E-state index contributed by atoms with van der Waals surface area (Å²) >= 11 is 4.78. The largest absolute Gasteiger partial charge is 0.361 e. The standard InChI is InChI=1S/C17H18N4O2S/c1-2-11(7-10-8-19-14-6-4-3-5-12(10)14)18-9-13-15(22)20-17(24)21-16(13)23/h3-6,8-9,11,13,19H,2,7H2,1H3,(H2,20,21,22,23,24)/t11-/m0/s1. The predicted molar refractivity (Wildman–Crippen MR) is 96.9 cm³/mol. The van der Waals surface area contributed by atoms with Crippen molar-refractivity contribution in [3.63, 3.8) is 0 Å². The van der Waals surface area contributed by atoms with Gasteiger partial charge in [-0.25, -0.2) is 0 Å². The fourth-order valence-electron chi connectivity index (χ4n) is 2.73. The van der Waals surface area contributed by atoms with Gasteiger partial charge in [0.05, 0.1) is 6.04 Å². The van der Waals surface area contributed by atoms with Crippen LogP contribution >= 0.6 is 12.2 Å². The lowest BCUT2D eigenvalue weighted by Gasteiger charge is -2.20. The molecule has 2 aromatic rings. The van der Waals surface area contributed by atoms with Crippen LogP contribution in [0.3, 0.4) is 0 Å². The molecule has 0 saturated carbocycles. The van der Waals surface area contributed by atoms with Crippen molar-refractivity contribution in [1.82, 2.24) is 15.6 Å². The summed E-state index contributed by atoms with van der Waals surface area (Å²) in [4.78, 5) is 31.4. The molecule has 1 aliphatic rings. The van der Waals surface area contributed by atoms with E-state index in [0.29, 0.717) is 0 Å². The highest BCUT2D eigenvalue weighted by Crippen LogP contribution is 2.20. The number of benzene rings is 1. The Morgan fingerprint density at radius 2 is 1.96 bits per heavy atom. The van der Waals surface area contributed by atoms with Crippen LogP contribution in [-0.2, 0) is 16.0 Å². The van der Waals surface area contributed by atoms with E-state index in [0.717, 1.165) is 18.4 Å². The molecule has 24 heavy (non-hydrogen) atoms. The highest BCUT2D eigenvalue weighted by Gasteiger charge is 2.31. The number of H-pyrrole nitrogens is 1. The molecule has 7 heteroatoms. The first-order chi connectivity index (χ1) is 11.6. The first-order valence-electron chi connectivity index (χ1n) is 7.82. The number of hydrogen-bond acceptors (Lipinski definition) is 4. The molecule has 1 aliphatic heterocycles. The minimum atomic E-state index is -0.936. The van der Waals surface area contributed by atoms with Crippen LogP contribution in [0, 0.1) is 5.92 Å². The molecular formula is C17H18N4O2S. The summed E-state index contributed by atoms with van der Waals surface area (Å²) in [6.07, 6.45) is 4.96. The van der Waals surface area contributed by atoms with Crippen LogP contribution in [-0.4, -0.2) is 34.2 Å². The quantitative estimate of drug-likeness (QED) is 0.439. The van der Waals surface area contributed by atoms with Gasteiger partial charge < -0.3 is 15.6 Å². The Morgan fingerprint density at radius 3 is 2.67 bits per heavy atom. The number of carbonyl (C=O) groups is 2. The van der Waals surface area contributed by atoms with Crippen LogP contribution in [0.2, 0.25) is 0 Å². The van der Waals surface area contributed by atoms with E-state index in [2.05, 4.69) is 26.7 Å². The molecule has 3 N–H and O–H groups in total. The van der Waals surface area contributed by atoms with Crippen molar-refractivity contribution < 1.29 is 9.59 Å². The summed E-state index contributed by atoms with van der Waals surface area (Å²) in [7, 11) is 0. The summed E-state index contributed by atoms with van der Waals surface area (Å²) < 4.78 is 0. The lowest BCUT2D eigenvalue weighted by molar-refractivity contribution is -0.131. The summed E-state index contributed by atoms with van der Waals surface area (Å²) in [5, 5.41) is 6.08. The normalized spacial score (nSPS) is 17.3. The molecule has 2 heterocycles. The SMILES string of the molecule is CC[C@@H](Cc1c[nH]c2ccccc12)N=CC1C(=O)NC(=S)NC1=O. The Morgan fingerprint density at radius 1 is 1.25 bits per heavy atom. The Hall–Kier alpha value is -2.54. The van der Waals surface area contributed by atoms with Crippen molar-refractivity contribution in [2.75, 3.05) is 0 Å². The van der Waals surface area contributed by atoms with Gasteiger partial charge in [-0.2, -0.15) is 0 Å². The maximum absolute atomic E-state index is 11.9. The van der Waals surface area contributed by atoms with Crippen molar-refractivity contribution in [1.29, 1.82) is 0 Å². The van der Waals surface area contributed by atoms with E-state index >= 15 is 0 Å². The average molecular weight is 342 g/mol. The number of para-hydroxylation sites is 1. The minimum absolute atomic E-state index is 0.00122. The number of rotatable bonds is 5. The van der Waals surface area contributed by atoms with Gasteiger partial charge in [0.1, 0.15) is 0 Å². The number of carbonyl (C=O) groups excluding carboxylic acids is 2. The summed E-state index contributed by atoms with van der Waals surface area (Å²) in [5.41, 5.74) is 2.26. The van der Waals surface area contributed by atoms with E-state index in [1.54, 1.807) is 0 Å². The number of fused-ring (bicyclic) bond motifs is 1. The van der Waals surface area contributed by atoms with Crippen molar-refractivity contribution in [3.05, 3.63) is 36.0 Å². The number of aromatic nitrogens is 1. The van der Waals surface area contributed by atoms with Gasteiger partial charge in [0.15, 0.2) is 11.0 Å². The van der Waals surface area contributed by atoms with Crippen molar-refractivity contribution in [2.24, 2.45) is 10.9 Å². The number of aliphatic imine (C=N–C) groups is 1. The van der Waals surface area contributed by atoms with E-state index in [1.807, 2.05) is 31.3 Å². The zero-order chi connectivity index (χ0) is 17.1. The first kappa shape index (κ1) is 16.3. The number of nitrogens with one attached hydrogen (secondary N) is 3. The van der Waals surface area contributed by atoms with Crippen LogP contribution in [0.5, 0.6) is 0 Å². The lowest BCUT2D eigenvalue weighted by Crippen LogP contribution is -2.56. The van der Waals surface area contributed by atoms with E-state index in [-0.39, 0.29) is 11.2 Å². The second-order valence-electron chi connectivity index (χ2n) is 5.71. The maximum atomic E-state index is 11.9. The van der Waals surface area contributed by atoms with Crippen LogP contribution in [0.25, 0.3) is 10.9 Å². The fraction of sp³-hybridized carbons (Fsp3) is 0.294. The Labute approximate surface area is 144 Å². The number of thiocarbonyl (C=S) groups is 1. The van der Waals surface area contributed by atoms with Crippen molar-refractivity contribution in [2.45, 2.75) is 25.8 Å². The molecule has 0 bridgehead atoms. The van der Waals surface area contributed by atoms with Gasteiger partial charge in [-0.15, -0.1) is 0 Å². The van der Waals surface area contributed by atoms with E-state index in [9.17, 15) is 9.59 Å². The molecule has 1 saturated heterocycles. The molecule has 2 amide bonds.